The maximum absolute atomic E-state index is 15.6. The number of fused-ring (bicyclic) bond motifs is 1. The van der Waals surface area contributed by atoms with Crippen molar-refractivity contribution in [1.82, 2.24) is 44.6 Å². The Kier molecular flexibility index (Phi) is 10.6. The van der Waals surface area contributed by atoms with Crippen molar-refractivity contribution < 1.29 is 33.4 Å². The molecule has 4 N–H and O–H groups in total. The van der Waals surface area contributed by atoms with Gasteiger partial charge in [-0.15, -0.1) is 0 Å². The highest BCUT2D eigenvalue weighted by atomic mass is 19.1. The quantitative estimate of drug-likeness (QED) is 0.177. The normalized spacial score (nSPS) is 19.5. The molecule has 1 saturated carbocycles. The van der Waals surface area contributed by atoms with Crippen molar-refractivity contribution in [3.8, 4) is 11.3 Å². The van der Waals surface area contributed by atoms with Crippen LogP contribution in [0.1, 0.15) is 68.9 Å². The summed E-state index contributed by atoms with van der Waals surface area (Å²) in [6.45, 7) is 7.80. The van der Waals surface area contributed by atoms with Crippen LogP contribution in [-0.4, -0.2) is 132 Å². The molecule has 3 atom stereocenters. The molecule has 55 heavy (non-hydrogen) atoms. The molecule has 3 aromatic heterocycles. The molecule has 5 heterocycles. The predicted octanol–water partition coefficient (Wildman–Crippen LogP) is 2.69. The van der Waals surface area contributed by atoms with Gasteiger partial charge < -0.3 is 35.2 Å². The van der Waals surface area contributed by atoms with Crippen LogP contribution in [0.3, 0.4) is 0 Å². The molecule has 0 radical (unpaired) electrons. The molecule has 7 rings (SSSR count). The van der Waals surface area contributed by atoms with Gasteiger partial charge in [-0.05, 0) is 49.8 Å². The number of carbonyl (C=O) groups excluding carboxylic acids is 4. The number of β-amino-alcohol motifs (C(OH)–C–C–N with tert-alkyl or cyclic N) is 1. The van der Waals surface area contributed by atoms with E-state index in [0.29, 0.717) is 23.8 Å². The molecular formula is C38H47FN10O6. The second-order valence-corrected chi connectivity index (χ2v) is 15.7. The fraction of sp³-hybridized carbons (Fsp3) is 0.500. The number of nitrogens with one attached hydrogen (secondary N) is 3. The Labute approximate surface area is 317 Å². The van der Waals surface area contributed by atoms with Gasteiger partial charge in [-0.3, -0.25) is 28.7 Å². The van der Waals surface area contributed by atoms with Gasteiger partial charge in [0.2, 0.25) is 17.7 Å². The molecule has 16 nitrogen and oxygen atoms in total. The van der Waals surface area contributed by atoms with Crippen molar-refractivity contribution in [2.75, 3.05) is 51.3 Å². The molecule has 17 heteroatoms. The lowest BCUT2D eigenvalue weighted by atomic mass is 9.85. The second kappa shape index (κ2) is 15.4. The standard InChI is InChI=1S/C38H47FN10O6/c1-22-13-26(50)18-48(22)37(54)33(38(2,3)4)45-31(51)20-55-21-32(52)46-9-11-47(12-10-46)36(53)24-7-8-28(27(39)14-24)43-34-35-40-17-30(25-15-41-42-16-25)49(35)19-29(44-34)23-5-6-23/h7-8,14-17,19,22-23,26,33,50H,5-6,9-13,18,20-21H2,1-4H3,(H,41,42)(H,43,44)(H,45,51)/t22-,26-,33-/m1/s1. The maximum atomic E-state index is 15.6. The summed E-state index contributed by atoms with van der Waals surface area (Å²) in [5, 5.41) is 22.7. The fourth-order valence-electron chi connectivity index (χ4n) is 7.14. The average Bonchev–Trinajstić information content (AvgIpc) is 3.50. The van der Waals surface area contributed by atoms with Gasteiger partial charge >= 0.3 is 0 Å². The van der Waals surface area contributed by atoms with E-state index in [4.69, 9.17) is 9.72 Å². The molecule has 292 valence electrons. The van der Waals surface area contributed by atoms with E-state index in [1.807, 2.05) is 38.3 Å². The lowest BCUT2D eigenvalue weighted by Gasteiger charge is -2.35. The number of hydrogen-bond donors (Lipinski definition) is 4. The summed E-state index contributed by atoms with van der Waals surface area (Å²) in [6, 6.07) is 3.28. The predicted molar refractivity (Wildman–Crippen MR) is 199 cm³/mol. The first kappa shape index (κ1) is 37.9. The van der Waals surface area contributed by atoms with Crippen LogP contribution < -0.4 is 10.6 Å². The Morgan fingerprint density at radius 3 is 2.45 bits per heavy atom. The van der Waals surface area contributed by atoms with Crippen LogP contribution in [0.15, 0.2) is 43.0 Å². The number of aliphatic hydroxyl groups is 1. The van der Waals surface area contributed by atoms with Crippen LogP contribution in [0.2, 0.25) is 0 Å². The third kappa shape index (κ3) is 8.32. The highest BCUT2D eigenvalue weighted by Gasteiger charge is 2.40. The molecule has 0 unspecified atom stereocenters. The van der Waals surface area contributed by atoms with Crippen LogP contribution >= 0.6 is 0 Å². The summed E-state index contributed by atoms with van der Waals surface area (Å²) in [4.78, 5) is 66.4. The Morgan fingerprint density at radius 1 is 1.07 bits per heavy atom. The van der Waals surface area contributed by atoms with E-state index in [9.17, 15) is 24.3 Å². The van der Waals surface area contributed by atoms with Crippen LogP contribution in [-0.2, 0) is 19.1 Å². The smallest absolute Gasteiger partial charge is 0.254 e. The third-order valence-electron chi connectivity index (χ3n) is 10.4. The fourth-order valence-corrected chi connectivity index (χ4v) is 7.14. The Hall–Kier alpha value is -5.42. The highest BCUT2D eigenvalue weighted by molar-refractivity contribution is 5.95. The molecule has 1 aliphatic carbocycles. The first-order chi connectivity index (χ1) is 26.3. The van der Waals surface area contributed by atoms with E-state index in [1.54, 1.807) is 39.4 Å². The van der Waals surface area contributed by atoms with Gasteiger partial charge in [0.05, 0.1) is 35.6 Å². The number of hydrogen-bond acceptors (Lipinski definition) is 10. The highest BCUT2D eigenvalue weighted by Crippen LogP contribution is 2.40. The van der Waals surface area contributed by atoms with Crippen molar-refractivity contribution in [2.45, 2.75) is 71.1 Å². The number of likely N-dealkylation sites (tertiary alicyclic amines) is 1. The molecule has 4 amide bonds. The molecule has 4 aromatic rings. The number of aliphatic hydroxyl groups excluding tert-OH is 1. The summed E-state index contributed by atoms with van der Waals surface area (Å²) in [5.41, 5.74) is 2.81. The molecular weight excluding hydrogens is 711 g/mol. The topological polar surface area (TPSA) is 190 Å². The summed E-state index contributed by atoms with van der Waals surface area (Å²) in [7, 11) is 0. The van der Waals surface area contributed by atoms with Crippen molar-refractivity contribution in [3.63, 3.8) is 0 Å². The van der Waals surface area contributed by atoms with Gasteiger partial charge in [0.15, 0.2) is 11.5 Å². The lowest BCUT2D eigenvalue weighted by molar-refractivity contribution is -0.143. The minimum Gasteiger partial charge on any atom is -0.391 e. The van der Waals surface area contributed by atoms with Gasteiger partial charge in [-0.2, -0.15) is 5.10 Å². The van der Waals surface area contributed by atoms with Crippen LogP contribution in [0, 0.1) is 11.2 Å². The lowest BCUT2D eigenvalue weighted by Crippen LogP contribution is -2.56. The van der Waals surface area contributed by atoms with E-state index < -0.39 is 35.9 Å². The molecule has 0 bridgehead atoms. The SMILES string of the molecule is C[C@@H]1C[C@@H](O)CN1C(=O)[C@@H](NC(=O)COCC(=O)N1CCN(C(=O)c2ccc(Nc3nc(C4CC4)cn4c(-c5cn[nH]c5)cnc34)c(F)c2)CC1)C(C)(C)C. The zero-order valence-electron chi connectivity index (χ0n) is 31.4. The monoisotopic (exact) mass is 758 g/mol. The minimum absolute atomic E-state index is 0.144. The van der Waals surface area contributed by atoms with E-state index in [1.165, 1.54) is 12.1 Å². The minimum atomic E-state index is -0.838. The van der Waals surface area contributed by atoms with Gasteiger partial charge in [-0.1, -0.05) is 20.8 Å². The largest absolute Gasteiger partial charge is 0.391 e. The number of rotatable bonds is 11. The number of halogens is 1. The van der Waals surface area contributed by atoms with Gasteiger partial charge in [0.25, 0.3) is 5.91 Å². The van der Waals surface area contributed by atoms with Crippen molar-refractivity contribution in [1.29, 1.82) is 0 Å². The summed E-state index contributed by atoms with van der Waals surface area (Å²) < 4.78 is 22.9. The summed E-state index contributed by atoms with van der Waals surface area (Å²) in [6.07, 6.45) is 9.11. The van der Waals surface area contributed by atoms with Crippen LogP contribution in [0.4, 0.5) is 15.9 Å². The van der Waals surface area contributed by atoms with Crippen LogP contribution in [0.5, 0.6) is 0 Å². The summed E-state index contributed by atoms with van der Waals surface area (Å²) in [5.74, 6) is -1.40. The number of nitrogens with zero attached hydrogens (tertiary/aromatic N) is 7. The van der Waals surface area contributed by atoms with Gasteiger partial charge in [0, 0.05) is 68.2 Å². The van der Waals surface area contributed by atoms with E-state index >= 15 is 4.39 Å². The van der Waals surface area contributed by atoms with Crippen molar-refractivity contribution >= 4 is 40.8 Å². The van der Waals surface area contributed by atoms with Crippen molar-refractivity contribution in [2.24, 2.45) is 5.41 Å². The number of aromatic amines is 1. The Morgan fingerprint density at radius 2 is 1.82 bits per heavy atom. The van der Waals surface area contributed by atoms with Crippen molar-refractivity contribution in [3.05, 3.63) is 60.1 Å². The number of imidazole rings is 1. The first-order valence-corrected chi connectivity index (χ1v) is 18.6. The van der Waals surface area contributed by atoms with E-state index in [-0.39, 0.29) is 74.3 Å². The molecule has 3 aliphatic rings. The summed E-state index contributed by atoms with van der Waals surface area (Å²) >= 11 is 0. The van der Waals surface area contributed by atoms with E-state index in [0.717, 1.165) is 29.8 Å². The molecule has 3 fully saturated rings. The maximum Gasteiger partial charge on any atom is 0.254 e. The number of ether oxygens (including phenoxy) is 1. The number of anilines is 2. The number of benzene rings is 1. The second-order valence-electron chi connectivity index (χ2n) is 15.7. The van der Waals surface area contributed by atoms with E-state index in [2.05, 4.69) is 25.8 Å². The number of H-pyrrole nitrogens is 1. The number of amides is 4. The molecule has 2 aliphatic heterocycles. The molecule has 1 aromatic carbocycles. The van der Waals surface area contributed by atoms with Crippen LogP contribution in [0.25, 0.3) is 16.9 Å². The first-order valence-electron chi connectivity index (χ1n) is 18.6. The number of piperazine rings is 1. The number of aromatic nitrogens is 5. The van der Waals surface area contributed by atoms with Gasteiger partial charge in [-0.25, -0.2) is 14.4 Å². The average molecular weight is 759 g/mol. The molecule has 0 spiro atoms. The van der Waals surface area contributed by atoms with Gasteiger partial charge in [0.1, 0.15) is 25.1 Å². The zero-order chi connectivity index (χ0) is 39.0. The Balaban J connectivity index is 0.904. The Bertz CT molecular complexity index is 2070. The third-order valence-corrected chi connectivity index (χ3v) is 10.4. The number of carbonyl (C=O) groups is 4. The molecule has 2 saturated heterocycles. The zero-order valence-corrected chi connectivity index (χ0v) is 31.4.